The summed E-state index contributed by atoms with van der Waals surface area (Å²) >= 11 is 0. The monoisotopic (exact) mass is 138 g/mol. The zero-order valence-electron chi connectivity index (χ0n) is 7.13. The average molecular weight is 138 g/mol. The van der Waals surface area contributed by atoms with E-state index >= 15 is 0 Å². The first-order chi connectivity index (χ1) is 4.04. The molecule has 10 heavy (non-hydrogen) atoms. The number of hydrogen-bond donors (Lipinski definition) is 0. The summed E-state index contributed by atoms with van der Waals surface area (Å²) in [5.74, 6) is -2.65. The van der Waals surface area contributed by atoms with Gasteiger partial charge in [0.2, 0.25) is 5.78 Å². The van der Waals surface area contributed by atoms with Crippen molar-refractivity contribution >= 4 is 17.7 Å². The molecule has 0 heterocycles. The van der Waals surface area contributed by atoms with Crippen LogP contribution in [0.1, 0.15) is 15.3 Å². The predicted octanol–water partition coefficient (Wildman–Crippen LogP) is -3.22. The maximum Gasteiger partial charge on any atom is 1.00 e. The average Bonchev–Trinajstić information content (AvgIpc) is 1.63. The Labute approximate surface area is 71.6 Å². The number of carbonyl (C=O) groups is 3. The van der Waals surface area contributed by atoms with Crippen LogP contribution in [0.4, 0.5) is 0 Å². The number of ether oxygens (including phenoxy) is 1. The third-order valence-electron chi connectivity index (χ3n) is 0.524. The molecule has 0 amide bonds. The molecule has 0 unspecified atom stereocenters. The molecule has 0 saturated heterocycles. The minimum absolute atomic E-state index is 0. The van der Waals surface area contributed by atoms with Crippen molar-refractivity contribution in [2.24, 2.45) is 0 Å². The first kappa shape index (κ1) is 12.1. The van der Waals surface area contributed by atoms with Gasteiger partial charge in [-0.15, -0.1) is 0 Å². The molecule has 5 heteroatoms. The fourth-order valence-corrected chi connectivity index (χ4v) is 0.202. The van der Waals surface area contributed by atoms with E-state index in [4.69, 9.17) is 0 Å². The van der Waals surface area contributed by atoms with Gasteiger partial charge in [-0.2, -0.15) is 0 Å². The Morgan fingerprint density at radius 2 is 1.60 bits per heavy atom. The summed E-state index contributed by atoms with van der Waals surface area (Å²) in [4.78, 5) is 30.2. The normalized spacial score (nSPS) is 7.40. The van der Waals surface area contributed by atoms with E-state index in [1.807, 2.05) is 0 Å². The van der Waals surface area contributed by atoms with Gasteiger partial charge in [-0.05, 0) is 0 Å². The number of esters is 2. The zero-order valence-corrected chi connectivity index (χ0v) is 6.13. The number of Topliss-reactive ketones (excluding diaryl/α,β-unsaturated/α-hetero) is 1. The van der Waals surface area contributed by atoms with Gasteiger partial charge in [0.25, 0.3) is 0 Å². The summed E-state index contributed by atoms with van der Waals surface area (Å²) in [6.07, 6.45) is 0. The predicted molar refractivity (Wildman–Crippen MR) is 28.6 cm³/mol. The zero-order chi connectivity index (χ0) is 7.44. The van der Waals surface area contributed by atoms with E-state index in [2.05, 4.69) is 4.74 Å². The van der Waals surface area contributed by atoms with Crippen molar-refractivity contribution < 1.29 is 39.4 Å². The number of carbonyl (C=O) groups excluding carboxylic acids is 3. The summed E-state index contributed by atoms with van der Waals surface area (Å²) in [5, 5.41) is 0. The van der Waals surface area contributed by atoms with Gasteiger partial charge < -0.3 is 6.16 Å². The van der Waals surface area contributed by atoms with Crippen LogP contribution in [0.5, 0.6) is 0 Å². The van der Waals surface area contributed by atoms with Gasteiger partial charge in [-0.25, -0.2) is 4.79 Å². The molecule has 0 aliphatic heterocycles. The largest absolute Gasteiger partial charge is 1.00 e. The summed E-state index contributed by atoms with van der Waals surface area (Å²) in [7, 11) is 0. The SMILES string of the molecule is CC(=O)OC(=O)C(C)=O.[H-].[Li+]. The van der Waals surface area contributed by atoms with Crippen LogP contribution in [0.15, 0.2) is 0 Å². The molecule has 0 aliphatic carbocycles. The topological polar surface area (TPSA) is 60.4 Å². The molecular weight excluding hydrogens is 131 g/mol. The van der Waals surface area contributed by atoms with Crippen LogP contribution in [-0.2, 0) is 19.1 Å². The Bertz CT molecular complexity index is 168. The molecular formula is C5H7LiO4. The molecule has 0 rings (SSSR count). The molecule has 0 aromatic carbocycles. The van der Waals surface area contributed by atoms with E-state index in [1.54, 1.807) is 0 Å². The molecule has 0 atom stereocenters. The molecule has 0 spiro atoms. The Kier molecular flexibility index (Phi) is 6.32. The van der Waals surface area contributed by atoms with E-state index < -0.39 is 17.7 Å². The fourth-order valence-electron chi connectivity index (χ4n) is 0.202. The maximum absolute atomic E-state index is 10.2. The third kappa shape index (κ3) is 5.54. The van der Waals surface area contributed by atoms with Crippen LogP contribution in [0.25, 0.3) is 0 Å². The second-order valence-corrected chi connectivity index (χ2v) is 1.44. The van der Waals surface area contributed by atoms with Gasteiger partial charge in [-0.3, -0.25) is 9.59 Å². The first-order valence-corrected chi connectivity index (χ1v) is 2.27. The molecule has 0 bridgehead atoms. The Balaban J connectivity index is -0.000000320. The second-order valence-electron chi connectivity index (χ2n) is 1.44. The summed E-state index contributed by atoms with van der Waals surface area (Å²) in [6, 6.07) is 0. The fraction of sp³-hybridized carbons (Fsp3) is 0.400. The van der Waals surface area contributed by atoms with Gasteiger partial charge in [0.1, 0.15) is 0 Å². The van der Waals surface area contributed by atoms with Gasteiger partial charge >= 0.3 is 30.8 Å². The summed E-state index contributed by atoms with van der Waals surface area (Å²) in [5.41, 5.74) is 0. The molecule has 0 N–H and O–H groups in total. The Morgan fingerprint density at radius 3 is 1.70 bits per heavy atom. The van der Waals surface area contributed by atoms with Crippen LogP contribution in [0.2, 0.25) is 0 Å². The van der Waals surface area contributed by atoms with Crippen molar-refractivity contribution in [2.75, 3.05) is 0 Å². The van der Waals surface area contributed by atoms with Gasteiger partial charge in [-0.1, -0.05) is 0 Å². The molecule has 0 aromatic heterocycles. The molecule has 4 nitrogen and oxygen atoms in total. The molecule has 0 aromatic rings. The number of hydrogen-bond acceptors (Lipinski definition) is 4. The van der Waals surface area contributed by atoms with Crippen molar-refractivity contribution in [3.05, 3.63) is 0 Å². The van der Waals surface area contributed by atoms with E-state index in [-0.39, 0.29) is 20.3 Å². The first-order valence-electron chi connectivity index (χ1n) is 2.27. The van der Waals surface area contributed by atoms with Crippen molar-refractivity contribution in [3.8, 4) is 0 Å². The summed E-state index contributed by atoms with van der Waals surface area (Å²) < 4.78 is 3.88. The minimum atomic E-state index is -1.11. The standard InChI is InChI=1S/C5H6O4.Li.H/c1-3(6)5(8)9-4(2)7;;/h1-2H3;;/q;+1;-1. The van der Waals surface area contributed by atoms with Crippen LogP contribution >= 0.6 is 0 Å². The molecule has 0 fully saturated rings. The van der Waals surface area contributed by atoms with Crippen molar-refractivity contribution in [2.45, 2.75) is 13.8 Å². The van der Waals surface area contributed by atoms with E-state index in [1.165, 1.54) is 0 Å². The van der Waals surface area contributed by atoms with Crippen molar-refractivity contribution in [3.63, 3.8) is 0 Å². The molecule has 52 valence electrons. The number of ketones is 1. The van der Waals surface area contributed by atoms with Crippen LogP contribution in [0.3, 0.4) is 0 Å². The van der Waals surface area contributed by atoms with Crippen LogP contribution in [0, 0.1) is 0 Å². The second kappa shape index (κ2) is 5.21. The van der Waals surface area contributed by atoms with Crippen molar-refractivity contribution in [1.82, 2.24) is 0 Å². The number of rotatable bonds is 1. The van der Waals surface area contributed by atoms with E-state index in [9.17, 15) is 14.4 Å². The Hall–Kier alpha value is -0.593. The molecule has 0 radical (unpaired) electrons. The van der Waals surface area contributed by atoms with Crippen LogP contribution < -0.4 is 18.9 Å². The van der Waals surface area contributed by atoms with Crippen molar-refractivity contribution in [1.29, 1.82) is 0 Å². The molecule has 0 aliphatic rings. The van der Waals surface area contributed by atoms with Gasteiger partial charge in [0.15, 0.2) is 0 Å². The molecule has 0 saturated carbocycles. The van der Waals surface area contributed by atoms with Gasteiger partial charge in [0.05, 0.1) is 0 Å². The quantitative estimate of drug-likeness (QED) is 0.165. The summed E-state index contributed by atoms with van der Waals surface area (Å²) in [6.45, 7) is 2.09. The third-order valence-corrected chi connectivity index (χ3v) is 0.524. The van der Waals surface area contributed by atoms with Gasteiger partial charge in [0, 0.05) is 13.8 Å². The minimum Gasteiger partial charge on any atom is -1.00 e. The van der Waals surface area contributed by atoms with E-state index in [0.29, 0.717) is 0 Å². The smallest absolute Gasteiger partial charge is 1.00 e. The van der Waals surface area contributed by atoms with Crippen LogP contribution in [-0.4, -0.2) is 17.7 Å². The maximum atomic E-state index is 10.2. The van der Waals surface area contributed by atoms with E-state index in [0.717, 1.165) is 13.8 Å². The Morgan fingerprint density at radius 1 is 1.20 bits per heavy atom.